The maximum atomic E-state index is 11.9. The number of nitrogen functional groups attached to an aromatic ring is 1. The van der Waals surface area contributed by atoms with E-state index in [2.05, 4.69) is 5.10 Å². The zero-order valence-corrected chi connectivity index (χ0v) is 10.6. The van der Waals surface area contributed by atoms with Crippen LogP contribution in [0.15, 0.2) is 0 Å². The number of aromatic nitrogens is 2. The summed E-state index contributed by atoms with van der Waals surface area (Å²) in [6, 6.07) is 0. The van der Waals surface area contributed by atoms with Gasteiger partial charge in [-0.25, -0.2) is 4.79 Å². The summed E-state index contributed by atoms with van der Waals surface area (Å²) in [5, 5.41) is 4.12. The van der Waals surface area contributed by atoms with Crippen LogP contribution in [0.3, 0.4) is 0 Å². The molecule has 6 heteroatoms. The minimum absolute atomic E-state index is 0.312. The van der Waals surface area contributed by atoms with Crippen molar-refractivity contribution in [1.82, 2.24) is 14.7 Å². The molecule has 0 unspecified atom stereocenters. The molecule has 0 radical (unpaired) electrons. The third-order valence-corrected chi connectivity index (χ3v) is 2.65. The molecule has 0 bridgehead atoms. The number of ether oxygens (including phenoxy) is 1. The molecule has 0 atom stereocenters. The van der Waals surface area contributed by atoms with Gasteiger partial charge in [-0.2, -0.15) is 5.10 Å². The molecular weight excluding hydrogens is 220 g/mol. The van der Waals surface area contributed by atoms with E-state index in [9.17, 15) is 4.79 Å². The lowest BCUT2D eigenvalue weighted by Crippen LogP contribution is -2.33. The number of rotatable bonds is 0. The van der Waals surface area contributed by atoms with E-state index in [1.165, 1.54) is 0 Å². The summed E-state index contributed by atoms with van der Waals surface area (Å²) >= 11 is 0. The van der Waals surface area contributed by atoms with Crippen LogP contribution in [-0.4, -0.2) is 26.4 Å². The first-order chi connectivity index (χ1) is 7.78. The van der Waals surface area contributed by atoms with E-state index in [1.54, 1.807) is 9.58 Å². The Kier molecular flexibility index (Phi) is 2.52. The predicted molar refractivity (Wildman–Crippen MR) is 63.1 cm³/mol. The van der Waals surface area contributed by atoms with Gasteiger partial charge >= 0.3 is 6.09 Å². The first-order valence-corrected chi connectivity index (χ1v) is 5.56. The number of carbonyl (C=O) groups is 1. The van der Waals surface area contributed by atoms with Crippen molar-refractivity contribution in [2.75, 3.05) is 5.73 Å². The number of nitrogens with zero attached hydrogens (tertiary/aromatic N) is 3. The molecule has 1 aliphatic rings. The van der Waals surface area contributed by atoms with Gasteiger partial charge < -0.3 is 10.5 Å². The molecule has 0 aliphatic carbocycles. The topological polar surface area (TPSA) is 73.4 Å². The Bertz CT molecular complexity index is 432. The number of hydrogen-bond acceptors (Lipinski definition) is 4. The van der Waals surface area contributed by atoms with Crippen molar-refractivity contribution < 1.29 is 9.53 Å². The molecule has 1 aromatic rings. The monoisotopic (exact) mass is 238 g/mol. The molecule has 2 heterocycles. The summed E-state index contributed by atoms with van der Waals surface area (Å²) in [6.07, 6.45) is -0.312. The SMILES string of the molecule is Cn1nc(N)c2c1CN(C(=O)OC(C)(C)C)C2. The number of nitrogens with two attached hydrogens (primary N) is 1. The summed E-state index contributed by atoms with van der Waals surface area (Å²) in [4.78, 5) is 13.5. The Morgan fingerprint density at radius 1 is 1.41 bits per heavy atom. The third-order valence-electron chi connectivity index (χ3n) is 2.65. The molecule has 1 aliphatic heterocycles. The lowest BCUT2D eigenvalue weighted by atomic mass is 10.2. The average molecular weight is 238 g/mol. The Hall–Kier alpha value is -1.72. The zero-order chi connectivity index (χ0) is 12.8. The quantitative estimate of drug-likeness (QED) is 0.738. The van der Waals surface area contributed by atoms with Crippen molar-refractivity contribution in [2.45, 2.75) is 39.5 Å². The van der Waals surface area contributed by atoms with Gasteiger partial charge in [-0.05, 0) is 20.8 Å². The molecule has 0 spiro atoms. The van der Waals surface area contributed by atoms with Crippen molar-refractivity contribution in [2.24, 2.45) is 7.05 Å². The van der Waals surface area contributed by atoms with Crippen LogP contribution >= 0.6 is 0 Å². The maximum absolute atomic E-state index is 11.9. The lowest BCUT2D eigenvalue weighted by Gasteiger charge is -2.24. The van der Waals surface area contributed by atoms with Crippen LogP contribution in [0.4, 0.5) is 10.6 Å². The fourth-order valence-corrected chi connectivity index (χ4v) is 1.88. The molecule has 1 amide bonds. The standard InChI is InChI=1S/C11H18N4O2/c1-11(2,3)17-10(16)15-5-7-8(6-15)14(4)13-9(7)12/h5-6H2,1-4H3,(H2,12,13). The number of fused-ring (bicyclic) bond motifs is 1. The molecule has 2 N–H and O–H groups in total. The molecule has 0 aromatic carbocycles. The van der Waals surface area contributed by atoms with Crippen LogP contribution in [0.5, 0.6) is 0 Å². The molecule has 6 nitrogen and oxygen atoms in total. The Labute approximate surface area is 100 Å². The third kappa shape index (κ3) is 2.20. The largest absolute Gasteiger partial charge is 0.444 e. The van der Waals surface area contributed by atoms with Crippen LogP contribution in [-0.2, 0) is 24.9 Å². The summed E-state index contributed by atoms with van der Waals surface area (Å²) < 4.78 is 7.04. The number of aryl methyl sites for hydroxylation is 1. The minimum Gasteiger partial charge on any atom is -0.444 e. The predicted octanol–water partition coefficient (Wildman–Crippen LogP) is 1.25. The Morgan fingerprint density at radius 3 is 2.59 bits per heavy atom. The van der Waals surface area contributed by atoms with Crippen molar-refractivity contribution >= 4 is 11.9 Å². The second-order valence-corrected chi connectivity index (χ2v) is 5.27. The van der Waals surface area contributed by atoms with Crippen molar-refractivity contribution in [3.63, 3.8) is 0 Å². The highest BCUT2D eigenvalue weighted by Crippen LogP contribution is 2.27. The van der Waals surface area contributed by atoms with Crippen LogP contribution in [0.2, 0.25) is 0 Å². The highest BCUT2D eigenvalue weighted by molar-refractivity contribution is 5.70. The number of hydrogen-bond donors (Lipinski definition) is 1. The zero-order valence-electron chi connectivity index (χ0n) is 10.6. The van der Waals surface area contributed by atoms with Gasteiger partial charge in [0.2, 0.25) is 0 Å². The van der Waals surface area contributed by atoms with Gasteiger partial charge in [0.15, 0.2) is 5.82 Å². The van der Waals surface area contributed by atoms with Gasteiger partial charge in [0.05, 0.1) is 18.8 Å². The van der Waals surface area contributed by atoms with Gasteiger partial charge in [-0.15, -0.1) is 0 Å². The van der Waals surface area contributed by atoms with Gasteiger partial charge in [0.1, 0.15) is 5.60 Å². The maximum Gasteiger partial charge on any atom is 0.410 e. The van der Waals surface area contributed by atoms with E-state index in [1.807, 2.05) is 27.8 Å². The molecule has 0 saturated carbocycles. The van der Waals surface area contributed by atoms with E-state index in [-0.39, 0.29) is 6.09 Å². The fraction of sp³-hybridized carbons (Fsp3) is 0.636. The van der Waals surface area contributed by atoms with Crippen LogP contribution in [0, 0.1) is 0 Å². The molecule has 2 rings (SSSR count). The average Bonchev–Trinajstić information content (AvgIpc) is 2.67. The van der Waals surface area contributed by atoms with Crippen molar-refractivity contribution in [3.8, 4) is 0 Å². The summed E-state index contributed by atoms with van der Waals surface area (Å²) in [5.41, 5.74) is 7.20. The van der Waals surface area contributed by atoms with Gasteiger partial charge in [-0.3, -0.25) is 9.58 Å². The van der Waals surface area contributed by atoms with Crippen LogP contribution in [0.1, 0.15) is 32.0 Å². The minimum atomic E-state index is -0.477. The van der Waals surface area contributed by atoms with Crippen molar-refractivity contribution in [3.05, 3.63) is 11.3 Å². The first-order valence-electron chi connectivity index (χ1n) is 5.56. The summed E-state index contributed by atoms with van der Waals surface area (Å²) in [7, 11) is 1.83. The van der Waals surface area contributed by atoms with E-state index in [4.69, 9.17) is 10.5 Å². The smallest absolute Gasteiger partial charge is 0.410 e. The molecule has 1 aromatic heterocycles. The number of anilines is 1. The Balaban J connectivity index is 2.10. The molecule has 94 valence electrons. The molecule has 0 fully saturated rings. The Morgan fingerprint density at radius 2 is 2.06 bits per heavy atom. The highest BCUT2D eigenvalue weighted by Gasteiger charge is 2.31. The number of amides is 1. The second kappa shape index (κ2) is 3.65. The van der Waals surface area contributed by atoms with E-state index in [0.29, 0.717) is 18.9 Å². The van der Waals surface area contributed by atoms with Crippen LogP contribution in [0.25, 0.3) is 0 Å². The van der Waals surface area contributed by atoms with E-state index >= 15 is 0 Å². The fourth-order valence-electron chi connectivity index (χ4n) is 1.88. The van der Waals surface area contributed by atoms with E-state index < -0.39 is 5.60 Å². The molecular formula is C11H18N4O2. The molecule has 17 heavy (non-hydrogen) atoms. The highest BCUT2D eigenvalue weighted by atomic mass is 16.6. The van der Waals surface area contributed by atoms with Gasteiger partial charge in [0, 0.05) is 12.6 Å². The second-order valence-electron chi connectivity index (χ2n) is 5.27. The number of carbonyl (C=O) groups excluding carboxylic acids is 1. The summed E-state index contributed by atoms with van der Waals surface area (Å²) in [5.74, 6) is 0.494. The first kappa shape index (κ1) is 11.8. The normalized spacial score (nSPS) is 14.9. The van der Waals surface area contributed by atoms with E-state index in [0.717, 1.165) is 11.3 Å². The van der Waals surface area contributed by atoms with Gasteiger partial charge in [0.25, 0.3) is 0 Å². The molecule has 0 saturated heterocycles. The lowest BCUT2D eigenvalue weighted by molar-refractivity contribution is 0.0239. The van der Waals surface area contributed by atoms with Crippen molar-refractivity contribution in [1.29, 1.82) is 0 Å². The summed E-state index contributed by atoms with van der Waals surface area (Å²) in [6.45, 7) is 6.53. The van der Waals surface area contributed by atoms with Crippen LogP contribution < -0.4 is 5.73 Å². The van der Waals surface area contributed by atoms with Gasteiger partial charge in [-0.1, -0.05) is 0 Å².